The highest BCUT2D eigenvalue weighted by Crippen LogP contribution is 2.47. The second kappa shape index (κ2) is 7.19. The minimum absolute atomic E-state index is 0.0365. The molecule has 2 amide bonds. The number of hydrogen-bond acceptors (Lipinski definition) is 6. The fourth-order valence-electron chi connectivity index (χ4n) is 3.28. The molecule has 2 aliphatic heterocycles. The number of anilines is 1. The summed E-state index contributed by atoms with van der Waals surface area (Å²) in [5, 5.41) is 2.69. The minimum Gasteiger partial charge on any atom is -0.495 e. The maximum atomic E-state index is 12.5. The number of esters is 1. The van der Waals surface area contributed by atoms with Gasteiger partial charge in [0.2, 0.25) is 5.91 Å². The average molecular weight is 378 g/mol. The van der Waals surface area contributed by atoms with Crippen molar-refractivity contribution in [3.8, 4) is 5.75 Å². The van der Waals surface area contributed by atoms with Crippen LogP contribution in [0, 0.1) is 0 Å². The molecule has 1 N–H and O–H groups in total. The molecular weight excluding hydrogens is 356 g/mol. The molecule has 0 saturated carbocycles. The van der Waals surface area contributed by atoms with Crippen molar-refractivity contribution in [2.45, 2.75) is 43.7 Å². The Morgan fingerprint density at radius 2 is 2.12 bits per heavy atom. The first-order chi connectivity index (χ1) is 12.4. The molecule has 0 bridgehead atoms. The lowest BCUT2D eigenvalue weighted by atomic mass is 10.2. The van der Waals surface area contributed by atoms with Crippen LogP contribution >= 0.6 is 11.8 Å². The zero-order valence-corrected chi connectivity index (χ0v) is 15.8. The summed E-state index contributed by atoms with van der Waals surface area (Å²) < 4.78 is 10.5. The molecule has 3 atom stereocenters. The van der Waals surface area contributed by atoms with Gasteiger partial charge in [-0.2, -0.15) is 0 Å². The van der Waals surface area contributed by atoms with E-state index in [1.165, 1.54) is 14.0 Å². The molecule has 0 unspecified atom stereocenters. The highest BCUT2D eigenvalue weighted by atomic mass is 32.2. The molecule has 3 rings (SSSR count). The van der Waals surface area contributed by atoms with Crippen LogP contribution in [0.25, 0.3) is 0 Å². The number of methoxy groups -OCH3 is 1. The topological polar surface area (TPSA) is 84.9 Å². The Morgan fingerprint density at radius 3 is 2.85 bits per heavy atom. The van der Waals surface area contributed by atoms with E-state index in [4.69, 9.17) is 9.47 Å². The Balaban J connectivity index is 1.62. The average Bonchev–Trinajstić information content (AvgIpc) is 3.11. The fourth-order valence-corrected chi connectivity index (χ4v) is 4.70. The zero-order chi connectivity index (χ0) is 18.9. The maximum Gasteiger partial charge on any atom is 0.330 e. The van der Waals surface area contributed by atoms with Gasteiger partial charge in [0, 0.05) is 12.2 Å². The molecule has 0 aromatic heterocycles. The van der Waals surface area contributed by atoms with E-state index in [0.29, 0.717) is 23.6 Å². The van der Waals surface area contributed by atoms with Crippen molar-refractivity contribution in [3.05, 3.63) is 24.3 Å². The van der Waals surface area contributed by atoms with E-state index in [1.54, 1.807) is 40.9 Å². The molecule has 0 radical (unpaired) electrons. The van der Waals surface area contributed by atoms with Gasteiger partial charge in [-0.15, -0.1) is 11.8 Å². The number of thioether (sulfide) groups is 1. The Hall–Kier alpha value is -2.22. The molecular formula is C18H22N2O5S. The van der Waals surface area contributed by atoms with Gasteiger partial charge in [0.1, 0.15) is 11.8 Å². The Labute approximate surface area is 156 Å². The van der Waals surface area contributed by atoms with Crippen molar-refractivity contribution >= 4 is 35.2 Å². The van der Waals surface area contributed by atoms with E-state index < -0.39 is 24.0 Å². The summed E-state index contributed by atoms with van der Waals surface area (Å²) in [7, 11) is 1.51. The number of carbonyl (C=O) groups excluding carboxylic acids is 3. The quantitative estimate of drug-likeness (QED) is 0.789. The Kier molecular flexibility index (Phi) is 5.13. The smallest absolute Gasteiger partial charge is 0.330 e. The van der Waals surface area contributed by atoms with E-state index in [9.17, 15) is 14.4 Å². The summed E-state index contributed by atoms with van der Waals surface area (Å²) in [6.45, 7) is 3.48. The van der Waals surface area contributed by atoms with Crippen LogP contribution in [-0.2, 0) is 19.1 Å². The van der Waals surface area contributed by atoms with Crippen LogP contribution in [0.3, 0.4) is 0 Å². The normalized spacial score (nSPS) is 25.6. The van der Waals surface area contributed by atoms with Gasteiger partial charge in [0.05, 0.1) is 17.7 Å². The largest absolute Gasteiger partial charge is 0.495 e. The number of carbonyl (C=O) groups is 3. The van der Waals surface area contributed by atoms with Gasteiger partial charge < -0.3 is 19.7 Å². The number of para-hydroxylation sites is 2. The van der Waals surface area contributed by atoms with Crippen molar-refractivity contribution in [1.29, 1.82) is 0 Å². The van der Waals surface area contributed by atoms with Crippen LogP contribution in [0.2, 0.25) is 0 Å². The molecule has 0 spiro atoms. The predicted molar refractivity (Wildman–Crippen MR) is 97.9 cm³/mol. The molecule has 1 aromatic rings. The third-order valence-corrected chi connectivity index (χ3v) is 6.25. The summed E-state index contributed by atoms with van der Waals surface area (Å²) in [4.78, 5) is 38.3. The zero-order valence-electron chi connectivity index (χ0n) is 15.0. The lowest BCUT2D eigenvalue weighted by Gasteiger charge is -2.29. The Morgan fingerprint density at radius 1 is 1.38 bits per heavy atom. The van der Waals surface area contributed by atoms with E-state index in [1.807, 2.05) is 6.92 Å². The first-order valence-corrected chi connectivity index (χ1v) is 9.45. The molecule has 0 aliphatic carbocycles. The molecule has 1 aromatic carbocycles. The molecule has 7 nitrogen and oxygen atoms in total. The standard InChI is InChI=1S/C18H22N2O5S/c1-11(16(22)19-12-6-4-5-7-14(12)24-3)25-17(23)13-10-26-18(2)9-8-15(21)20(13)18/h4-7,11,13H,8-10H2,1-3H3,(H,19,22)/t11-,13+,18+/m1/s1. The van der Waals surface area contributed by atoms with Crippen LogP contribution < -0.4 is 10.1 Å². The number of ether oxygens (including phenoxy) is 2. The SMILES string of the molecule is COc1ccccc1NC(=O)[C@@H](C)OC(=O)[C@@H]1CS[C@@]2(C)CCC(=O)N12. The summed E-state index contributed by atoms with van der Waals surface area (Å²) in [6, 6.07) is 6.35. The van der Waals surface area contributed by atoms with Crippen molar-refractivity contribution < 1.29 is 23.9 Å². The van der Waals surface area contributed by atoms with Gasteiger partial charge in [0.15, 0.2) is 6.10 Å². The first kappa shape index (κ1) is 18.6. The molecule has 2 heterocycles. The highest BCUT2D eigenvalue weighted by molar-refractivity contribution is 8.01. The van der Waals surface area contributed by atoms with Gasteiger partial charge in [-0.1, -0.05) is 12.1 Å². The van der Waals surface area contributed by atoms with Crippen molar-refractivity contribution in [1.82, 2.24) is 4.90 Å². The number of nitrogens with zero attached hydrogens (tertiary/aromatic N) is 1. The Bertz CT molecular complexity index is 740. The lowest BCUT2D eigenvalue weighted by molar-refractivity contribution is -0.160. The van der Waals surface area contributed by atoms with Crippen LogP contribution in [0.1, 0.15) is 26.7 Å². The number of fused-ring (bicyclic) bond motifs is 1. The summed E-state index contributed by atoms with van der Waals surface area (Å²) >= 11 is 1.59. The summed E-state index contributed by atoms with van der Waals surface area (Å²) in [6.07, 6.45) is 0.184. The maximum absolute atomic E-state index is 12.5. The summed E-state index contributed by atoms with van der Waals surface area (Å²) in [5.74, 6) is -0.0270. The van der Waals surface area contributed by atoms with E-state index >= 15 is 0 Å². The number of nitrogens with one attached hydrogen (secondary N) is 1. The van der Waals surface area contributed by atoms with Crippen LogP contribution in [0.5, 0.6) is 5.75 Å². The fraction of sp³-hybridized carbons (Fsp3) is 0.500. The van der Waals surface area contributed by atoms with Crippen molar-refractivity contribution in [2.24, 2.45) is 0 Å². The van der Waals surface area contributed by atoms with Crippen LogP contribution in [-0.4, -0.2) is 52.6 Å². The van der Waals surface area contributed by atoms with Crippen LogP contribution in [0.15, 0.2) is 24.3 Å². The number of amides is 2. The van der Waals surface area contributed by atoms with Gasteiger partial charge in [-0.05, 0) is 32.4 Å². The number of benzene rings is 1. The predicted octanol–water partition coefficient (Wildman–Crippen LogP) is 2.02. The van der Waals surface area contributed by atoms with E-state index in [0.717, 1.165) is 6.42 Å². The molecule has 26 heavy (non-hydrogen) atoms. The van der Waals surface area contributed by atoms with E-state index in [-0.39, 0.29) is 10.8 Å². The monoisotopic (exact) mass is 378 g/mol. The lowest BCUT2D eigenvalue weighted by Crippen LogP contribution is -2.48. The third-order valence-electron chi connectivity index (χ3n) is 4.74. The van der Waals surface area contributed by atoms with Crippen LogP contribution in [0.4, 0.5) is 5.69 Å². The highest BCUT2D eigenvalue weighted by Gasteiger charge is 2.53. The van der Waals surface area contributed by atoms with Gasteiger partial charge in [0.25, 0.3) is 5.91 Å². The molecule has 140 valence electrons. The molecule has 2 aliphatic rings. The van der Waals surface area contributed by atoms with Crippen molar-refractivity contribution in [3.63, 3.8) is 0 Å². The van der Waals surface area contributed by atoms with Gasteiger partial charge >= 0.3 is 5.97 Å². The first-order valence-electron chi connectivity index (χ1n) is 8.46. The van der Waals surface area contributed by atoms with Crippen molar-refractivity contribution in [2.75, 3.05) is 18.2 Å². The summed E-state index contributed by atoms with van der Waals surface area (Å²) in [5.41, 5.74) is 0.501. The molecule has 2 fully saturated rings. The minimum atomic E-state index is -0.984. The second-order valence-corrected chi connectivity index (χ2v) is 8.04. The third kappa shape index (κ3) is 3.38. The second-order valence-electron chi connectivity index (χ2n) is 6.53. The number of rotatable bonds is 5. The van der Waals surface area contributed by atoms with Gasteiger partial charge in [-0.3, -0.25) is 9.59 Å². The number of hydrogen-bond donors (Lipinski definition) is 1. The van der Waals surface area contributed by atoms with Gasteiger partial charge in [-0.25, -0.2) is 4.79 Å². The molecule has 8 heteroatoms. The molecule has 2 saturated heterocycles. The van der Waals surface area contributed by atoms with E-state index in [2.05, 4.69) is 5.32 Å².